The summed E-state index contributed by atoms with van der Waals surface area (Å²) < 4.78 is 10.7. The molecule has 1 rings (SSSR count). The third-order valence-corrected chi connectivity index (χ3v) is 2.37. The Morgan fingerprint density at radius 3 is 2.18 bits per heavy atom. The van der Waals surface area contributed by atoms with E-state index < -0.39 is 7.60 Å². The average Bonchev–Trinajstić information content (AvgIpc) is 1.86. The Bertz CT molecular complexity index is 302. The van der Waals surface area contributed by atoms with E-state index in [0.717, 1.165) is 0 Å². The molecule has 0 aromatic heterocycles. The van der Waals surface area contributed by atoms with Crippen LogP contribution in [0, 0.1) is 6.92 Å². The first-order valence-corrected chi connectivity index (χ1v) is 4.60. The molecule has 59 valence electrons. The van der Waals surface area contributed by atoms with Crippen LogP contribution in [0.3, 0.4) is 0 Å². The van der Waals surface area contributed by atoms with E-state index in [0.29, 0.717) is 5.56 Å². The topological polar surface area (TPSA) is 57.5 Å². The van der Waals surface area contributed by atoms with Gasteiger partial charge in [-0.05, 0) is 18.6 Å². The van der Waals surface area contributed by atoms with Crippen LogP contribution in [0.2, 0.25) is 0 Å². The summed E-state index contributed by atoms with van der Waals surface area (Å²) >= 11 is 0. The molecular formula is C7H8O3P. The first-order valence-electron chi connectivity index (χ1n) is 2.99. The molecule has 0 spiro atoms. The summed E-state index contributed by atoms with van der Waals surface area (Å²) in [5.74, 6) is 0. The molecule has 0 unspecified atom stereocenters. The third-order valence-electron chi connectivity index (χ3n) is 1.31. The summed E-state index contributed by atoms with van der Waals surface area (Å²) in [6.07, 6.45) is 0. The fraction of sp³-hybridized carbons (Fsp3) is 0. The Morgan fingerprint density at radius 1 is 1.27 bits per heavy atom. The van der Waals surface area contributed by atoms with Crippen LogP contribution in [0.15, 0.2) is 24.3 Å². The molecule has 0 heterocycles. The molecule has 4 heteroatoms. The van der Waals surface area contributed by atoms with Gasteiger partial charge in [-0.1, -0.05) is 18.2 Å². The van der Waals surface area contributed by atoms with Gasteiger partial charge in [0, 0.05) is 0 Å². The molecule has 0 aliphatic carbocycles. The molecular weight excluding hydrogens is 163 g/mol. The van der Waals surface area contributed by atoms with E-state index >= 15 is 0 Å². The van der Waals surface area contributed by atoms with Crippen LogP contribution in [0.1, 0.15) is 5.56 Å². The van der Waals surface area contributed by atoms with Gasteiger partial charge in [-0.25, -0.2) is 0 Å². The highest BCUT2D eigenvalue weighted by Gasteiger charge is 2.18. The quantitative estimate of drug-likeness (QED) is 0.610. The van der Waals surface area contributed by atoms with E-state index in [4.69, 9.17) is 9.79 Å². The van der Waals surface area contributed by atoms with Crippen molar-refractivity contribution in [2.24, 2.45) is 0 Å². The van der Waals surface area contributed by atoms with Gasteiger partial charge < -0.3 is 9.79 Å². The van der Waals surface area contributed by atoms with Gasteiger partial charge in [0.2, 0.25) is 0 Å². The van der Waals surface area contributed by atoms with Crippen LogP contribution >= 0.6 is 7.60 Å². The smallest absolute Gasteiger partial charge is 0.321 e. The van der Waals surface area contributed by atoms with Gasteiger partial charge in [-0.3, -0.25) is 4.57 Å². The summed E-state index contributed by atoms with van der Waals surface area (Å²) in [6, 6.07) is 6.20. The highest BCUT2D eigenvalue weighted by molar-refractivity contribution is 7.60. The average molecular weight is 171 g/mol. The van der Waals surface area contributed by atoms with Gasteiger partial charge in [0.25, 0.3) is 0 Å². The van der Waals surface area contributed by atoms with E-state index in [-0.39, 0.29) is 5.30 Å². The maximum atomic E-state index is 10.7. The second kappa shape index (κ2) is 2.78. The maximum Gasteiger partial charge on any atom is 0.356 e. The number of hydrogen-bond donors (Lipinski definition) is 2. The van der Waals surface area contributed by atoms with Gasteiger partial charge in [0.05, 0.1) is 5.30 Å². The minimum absolute atomic E-state index is 0.000000000000000222. The van der Waals surface area contributed by atoms with E-state index in [9.17, 15) is 4.57 Å². The molecule has 0 saturated carbocycles. The summed E-state index contributed by atoms with van der Waals surface area (Å²) in [6.45, 7) is 3.49. The zero-order valence-electron chi connectivity index (χ0n) is 5.77. The van der Waals surface area contributed by atoms with E-state index in [1.165, 1.54) is 6.07 Å². The monoisotopic (exact) mass is 171 g/mol. The minimum atomic E-state index is -4.12. The summed E-state index contributed by atoms with van der Waals surface area (Å²) in [4.78, 5) is 17.5. The molecule has 0 aliphatic rings. The minimum Gasteiger partial charge on any atom is -0.321 e. The third kappa shape index (κ3) is 1.90. The van der Waals surface area contributed by atoms with Crippen molar-refractivity contribution in [1.29, 1.82) is 0 Å². The second-order valence-electron chi connectivity index (χ2n) is 2.17. The molecule has 3 nitrogen and oxygen atoms in total. The lowest BCUT2D eigenvalue weighted by molar-refractivity contribution is 0.387. The fourth-order valence-electron chi connectivity index (χ4n) is 0.795. The summed E-state index contributed by atoms with van der Waals surface area (Å²) in [5.41, 5.74) is 0.376. The molecule has 0 saturated heterocycles. The van der Waals surface area contributed by atoms with E-state index in [1.807, 2.05) is 0 Å². The van der Waals surface area contributed by atoms with Crippen molar-refractivity contribution in [3.8, 4) is 0 Å². The van der Waals surface area contributed by atoms with Crippen LogP contribution in [0.25, 0.3) is 0 Å². The van der Waals surface area contributed by atoms with Crippen molar-refractivity contribution >= 4 is 12.9 Å². The van der Waals surface area contributed by atoms with Gasteiger partial charge in [-0.2, -0.15) is 0 Å². The number of benzene rings is 1. The fourth-order valence-corrected chi connectivity index (χ4v) is 1.52. The van der Waals surface area contributed by atoms with Gasteiger partial charge in [0.15, 0.2) is 0 Å². The normalized spacial score (nSPS) is 11.5. The Balaban J connectivity index is 3.25. The first-order chi connectivity index (χ1) is 5.02. The zero-order valence-corrected chi connectivity index (χ0v) is 6.66. The van der Waals surface area contributed by atoms with Crippen LogP contribution in [0.5, 0.6) is 0 Å². The Labute approximate surface area is 64.8 Å². The van der Waals surface area contributed by atoms with Crippen molar-refractivity contribution in [2.45, 2.75) is 0 Å². The zero-order chi connectivity index (χ0) is 8.48. The number of hydrogen-bond acceptors (Lipinski definition) is 1. The largest absolute Gasteiger partial charge is 0.356 e. The Morgan fingerprint density at radius 2 is 1.82 bits per heavy atom. The second-order valence-corrected chi connectivity index (χ2v) is 3.74. The van der Waals surface area contributed by atoms with Crippen molar-refractivity contribution in [3.63, 3.8) is 0 Å². The molecule has 11 heavy (non-hydrogen) atoms. The summed E-state index contributed by atoms with van der Waals surface area (Å²) in [7, 11) is -4.12. The molecule has 0 atom stereocenters. The molecule has 2 N–H and O–H groups in total. The van der Waals surface area contributed by atoms with Crippen molar-refractivity contribution < 1.29 is 14.4 Å². The van der Waals surface area contributed by atoms with Crippen LogP contribution in [-0.2, 0) is 4.57 Å². The van der Waals surface area contributed by atoms with Crippen molar-refractivity contribution in [1.82, 2.24) is 0 Å². The maximum absolute atomic E-state index is 10.7. The lowest BCUT2D eigenvalue weighted by Crippen LogP contribution is -2.06. The molecule has 1 radical (unpaired) electrons. The molecule has 1 aromatic rings. The van der Waals surface area contributed by atoms with Crippen LogP contribution < -0.4 is 5.30 Å². The predicted octanol–water partition coefficient (Wildman–Crippen LogP) is 0.672. The highest BCUT2D eigenvalue weighted by atomic mass is 31.2. The van der Waals surface area contributed by atoms with Gasteiger partial charge >= 0.3 is 7.60 Å². The summed E-state index contributed by atoms with van der Waals surface area (Å²) in [5, 5.41) is 0.000000000000000222. The molecule has 0 fully saturated rings. The Hall–Kier alpha value is -0.630. The standard InChI is InChI=1S/C7H8O3P/c1-6-4-2-3-5-7(6)11(8,9)10/h2-5H,1H2,(H2,8,9,10). The SMILES string of the molecule is [CH2]c1ccccc1P(=O)(O)O. The lowest BCUT2D eigenvalue weighted by atomic mass is 10.2. The predicted molar refractivity (Wildman–Crippen MR) is 42.6 cm³/mol. The van der Waals surface area contributed by atoms with Crippen LogP contribution in [0.4, 0.5) is 0 Å². The molecule has 1 aromatic carbocycles. The van der Waals surface area contributed by atoms with Gasteiger partial charge in [0.1, 0.15) is 0 Å². The molecule has 0 amide bonds. The highest BCUT2D eigenvalue weighted by Crippen LogP contribution is 2.33. The van der Waals surface area contributed by atoms with Gasteiger partial charge in [-0.15, -0.1) is 0 Å². The molecule has 0 aliphatic heterocycles. The lowest BCUT2D eigenvalue weighted by Gasteiger charge is -2.05. The Kier molecular flexibility index (Phi) is 2.14. The molecule has 0 bridgehead atoms. The van der Waals surface area contributed by atoms with Crippen molar-refractivity contribution in [2.75, 3.05) is 0 Å². The first kappa shape index (κ1) is 8.47. The van der Waals surface area contributed by atoms with E-state index in [2.05, 4.69) is 6.92 Å². The van der Waals surface area contributed by atoms with E-state index in [1.54, 1.807) is 18.2 Å². The van der Waals surface area contributed by atoms with Crippen LogP contribution in [-0.4, -0.2) is 9.79 Å². The van der Waals surface area contributed by atoms with Crippen molar-refractivity contribution in [3.05, 3.63) is 36.8 Å². The number of rotatable bonds is 1.